The van der Waals surface area contributed by atoms with Gasteiger partial charge in [0.05, 0.1) is 0 Å². The number of nitrogens with one attached hydrogen (secondary N) is 1. The molecule has 1 N–H and O–H groups in total. The number of benzene rings is 2. The molecule has 0 aliphatic rings. The summed E-state index contributed by atoms with van der Waals surface area (Å²) in [5, 5.41) is 3.23. The lowest BCUT2D eigenvalue weighted by molar-refractivity contribution is 0.306. The summed E-state index contributed by atoms with van der Waals surface area (Å²) in [7, 11) is 1.97. The third kappa shape index (κ3) is 3.84. The van der Waals surface area contributed by atoms with Gasteiger partial charge in [-0.2, -0.15) is 0 Å². The Morgan fingerprint density at radius 1 is 0.950 bits per heavy atom. The molecular weight excluding hydrogens is 246 g/mol. The molecule has 2 rings (SSSR count). The molecule has 0 spiro atoms. The molecule has 106 valence electrons. The van der Waals surface area contributed by atoms with Gasteiger partial charge in [-0.15, -0.1) is 0 Å². The van der Waals surface area contributed by atoms with E-state index in [1.807, 2.05) is 19.2 Å². The van der Waals surface area contributed by atoms with E-state index in [9.17, 15) is 0 Å². The van der Waals surface area contributed by atoms with Crippen molar-refractivity contribution in [1.29, 1.82) is 0 Å². The molecule has 0 amide bonds. The molecule has 2 aromatic carbocycles. The summed E-state index contributed by atoms with van der Waals surface area (Å²) in [6.07, 6.45) is 1.08. The summed E-state index contributed by atoms with van der Waals surface area (Å²) in [5.74, 6) is 0.914. The topological polar surface area (TPSA) is 21.3 Å². The second kappa shape index (κ2) is 7.11. The predicted octanol–water partition coefficient (Wildman–Crippen LogP) is 4.11. The molecule has 0 aliphatic heterocycles. The largest absolute Gasteiger partial charge is 0.489 e. The molecule has 1 atom stereocenters. The second-order valence-corrected chi connectivity index (χ2v) is 5.04. The number of rotatable bonds is 6. The Morgan fingerprint density at radius 2 is 1.55 bits per heavy atom. The molecule has 0 fully saturated rings. The van der Waals surface area contributed by atoms with Gasteiger partial charge in [0, 0.05) is 6.04 Å². The molecule has 2 aromatic rings. The van der Waals surface area contributed by atoms with Gasteiger partial charge in [0.1, 0.15) is 12.4 Å². The first-order valence-corrected chi connectivity index (χ1v) is 7.20. The zero-order valence-electron chi connectivity index (χ0n) is 12.5. The minimum Gasteiger partial charge on any atom is -0.489 e. The van der Waals surface area contributed by atoms with E-state index in [0.29, 0.717) is 12.6 Å². The average molecular weight is 269 g/mol. The lowest BCUT2D eigenvalue weighted by Gasteiger charge is -2.12. The fourth-order valence-corrected chi connectivity index (χ4v) is 2.06. The molecule has 0 aromatic heterocycles. The zero-order chi connectivity index (χ0) is 14.4. The first-order chi connectivity index (χ1) is 9.72. The van der Waals surface area contributed by atoms with E-state index >= 15 is 0 Å². The number of hydrogen-bond donors (Lipinski definition) is 1. The van der Waals surface area contributed by atoms with Gasteiger partial charge in [-0.3, -0.25) is 0 Å². The van der Waals surface area contributed by atoms with Crippen molar-refractivity contribution in [2.45, 2.75) is 32.9 Å². The van der Waals surface area contributed by atoms with Crippen LogP contribution in [-0.2, 0) is 13.0 Å². The quantitative estimate of drug-likeness (QED) is 0.852. The average Bonchev–Trinajstić information content (AvgIpc) is 2.53. The van der Waals surface area contributed by atoms with Gasteiger partial charge >= 0.3 is 0 Å². The third-order valence-electron chi connectivity index (χ3n) is 3.65. The van der Waals surface area contributed by atoms with Crippen LogP contribution in [0.1, 0.15) is 36.6 Å². The van der Waals surface area contributed by atoms with Crippen LogP contribution in [0.4, 0.5) is 0 Å². The molecule has 2 nitrogen and oxygen atoms in total. The highest BCUT2D eigenvalue weighted by molar-refractivity contribution is 5.29. The predicted molar refractivity (Wildman–Crippen MR) is 84.1 cm³/mol. The molecule has 20 heavy (non-hydrogen) atoms. The van der Waals surface area contributed by atoms with Crippen molar-refractivity contribution < 1.29 is 4.74 Å². The molecule has 2 heteroatoms. The summed E-state index contributed by atoms with van der Waals surface area (Å²) in [6, 6.07) is 17.2. The standard InChI is InChI=1S/C18H23NO/c1-4-15-5-7-16(8-6-15)13-20-18-11-9-17(10-12-18)14(2)19-3/h5-12,14,19H,4,13H2,1-3H3. The lowest BCUT2D eigenvalue weighted by atomic mass is 10.1. The molecular formula is C18H23NO. The van der Waals surface area contributed by atoms with Crippen molar-refractivity contribution in [3.63, 3.8) is 0 Å². The second-order valence-electron chi connectivity index (χ2n) is 5.04. The summed E-state index contributed by atoms with van der Waals surface area (Å²) in [5.41, 5.74) is 3.83. The zero-order valence-corrected chi connectivity index (χ0v) is 12.5. The van der Waals surface area contributed by atoms with Crippen molar-refractivity contribution in [3.05, 3.63) is 65.2 Å². The van der Waals surface area contributed by atoms with Crippen LogP contribution < -0.4 is 10.1 Å². The van der Waals surface area contributed by atoms with E-state index in [1.165, 1.54) is 16.7 Å². The normalized spacial score (nSPS) is 12.2. The molecule has 0 saturated heterocycles. The Labute approximate surface area is 121 Å². The lowest BCUT2D eigenvalue weighted by Crippen LogP contribution is -2.11. The Kier molecular flexibility index (Phi) is 5.19. The Balaban J connectivity index is 1.93. The van der Waals surface area contributed by atoms with E-state index < -0.39 is 0 Å². The van der Waals surface area contributed by atoms with E-state index in [2.05, 4.69) is 55.6 Å². The van der Waals surface area contributed by atoms with Crippen LogP contribution in [0.5, 0.6) is 5.75 Å². The fourth-order valence-electron chi connectivity index (χ4n) is 2.06. The third-order valence-corrected chi connectivity index (χ3v) is 3.65. The van der Waals surface area contributed by atoms with Crippen LogP contribution >= 0.6 is 0 Å². The highest BCUT2D eigenvalue weighted by Gasteiger charge is 2.02. The van der Waals surface area contributed by atoms with Crippen molar-refractivity contribution in [3.8, 4) is 5.75 Å². The van der Waals surface area contributed by atoms with Crippen LogP contribution in [0, 0.1) is 0 Å². The van der Waals surface area contributed by atoms with Gasteiger partial charge in [0.15, 0.2) is 0 Å². The smallest absolute Gasteiger partial charge is 0.119 e. The van der Waals surface area contributed by atoms with Gasteiger partial charge in [0.25, 0.3) is 0 Å². The summed E-state index contributed by atoms with van der Waals surface area (Å²) < 4.78 is 5.81. The van der Waals surface area contributed by atoms with Crippen molar-refractivity contribution in [2.75, 3.05) is 7.05 Å². The maximum atomic E-state index is 5.81. The van der Waals surface area contributed by atoms with Crippen molar-refractivity contribution in [2.24, 2.45) is 0 Å². The maximum Gasteiger partial charge on any atom is 0.119 e. The summed E-state index contributed by atoms with van der Waals surface area (Å²) in [6.45, 7) is 4.93. The number of ether oxygens (including phenoxy) is 1. The van der Waals surface area contributed by atoms with Crippen LogP contribution in [-0.4, -0.2) is 7.05 Å². The first kappa shape index (κ1) is 14.6. The summed E-state index contributed by atoms with van der Waals surface area (Å²) in [4.78, 5) is 0. The first-order valence-electron chi connectivity index (χ1n) is 7.20. The molecule has 0 heterocycles. The van der Waals surface area contributed by atoms with Gasteiger partial charge in [-0.05, 0) is 49.2 Å². The highest BCUT2D eigenvalue weighted by Crippen LogP contribution is 2.18. The molecule has 1 unspecified atom stereocenters. The van der Waals surface area contributed by atoms with Crippen LogP contribution in [0.15, 0.2) is 48.5 Å². The SMILES string of the molecule is CCc1ccc(COc2ccc(C(C)NC)cc2)cc1. The van der Waals surface area contributed by atoms with Crippen molar-refractivity contribution >= 4 is 0 Å². The molecule has 0 bridgehead atoms. The Hall–Kier alpha value is -1.80. The molecule has 0 saturated carbocycles. The van der Waals surface area contributed by atoms with Crippen LogP contribution in [0.2, 0.25) is 0 Å². The van der Waals surface area contributed by atoms with Gasteiger partial charge in [0.2, 0.25) is 0 Å². The maximum absolute atomic E-state index is 5.81. The van der Waals surface area contributed by atoms with E-state index in [0.717, 1.165) is 12.2 Å². The highest BCUT2D eigenvalue weighted by atomic mass is 16.5. The Morgan fingerprint density at radius 3 is 2.10 bits per heavy atom. The van der Waals surface area contributed by atoms with Gasteiger partial charge in [-0.25, -0.2) is 0 Å². The molecule has 0 radical (unpaired) electrons. The van der Waals surface area contributed by atoms with Gasteiger partial charge < -0.3 is 10.1 Å². The molecule has 0 aliphatic carbocycles. The van der Waals surface area contributed by atoms with E-state index in [-0.39, 0.29) is 0 Å². The summed E-state index contributed by atoms with van der Waals surface area (Å²) >= 11 is 0. The Bertz CT molecular complexity index is 516. The van der Waals surface area contributed by atoms with E-state index in [1.54, 1.807) is 0 Å². The monoisotopic (exact) mass is 269 g/mol. The minimum absolute atomic E-state index is 0.366. The van der Waals surface area contributed by atoms with E-state index in [4.69, 9.17) is 4.74 Å². The van der Waals surface area contributed by atoms with Gasteiger partial charge in [-0.1, -0.05) is 43.3 Å². The number of hydrogen-bond acceptors (Lipinski definition) is 2. The minimum atomic E-state index is 0.366. The van der Waals surface area contributed by atoms with Crippen LogP contribution in [0.25, 0.3) is 0 Å². The van der Waals surface area contributed by atoms with Crippen LogP contribution in [0.3, 0.4) is 0 Å². The fraction of sp³-hybridized carbons (Fsp3) is 0.333. The van der Waals surface area contributed by atoms with Crippen molar-refractivity contribution in [1.82, 2.24) is 5.32 Å². The number of aryl methyl sites for hydroxylation is 1.